The largest absolute Gasteiger partial charge is 0.477 e. The van der Waals surface area contributed by atoms with Crippen molar-refractivity contribution < 1.29 is 14.7 Å². The van der Waals surface area contributed by atoms with Crippen LogP contribution in [0.3, 0.4) is 0 Å². The summed E-state index contributed by atoms with van der Waals surface area (Å²) in [4.78, 5) is 26.5. The number of carbonyl (C=O) groups excluding carboxylic acids is 1. The fourth-order valence-corrected chi connectivity index (χ4v) is 5.98. The van der Waals surface area contributed by atoms with Gasteiger partial charge in [-0.15, -0.1) is 5.14 Å². The fourth-order valence-electron chi connectivity index (χ4n) is 4.51. The third-order valence-corrected chi connectivity index (χ3v) is 7.80. The molecule has 30 heavy (non-hydrogen) atoms. The number of aromatic carboxylic acids is 1. The first-order valence-corrected chi connectivity index (χ1v) is 11.7. The van der Waals surface area contributed by atoms with Crippen LogP contribution in [0.2, 0.25) is 0 Å². The Morgan fingerprint density at radius 2 is 1.60 bits per heavy atom. The van der Waals surface area contributed by atoms with Crippen LogP contribution in [0.15, 0.2) is 54.6 Å². The van der Waals surface area contributed by atoms with Gasteiger partial charge in [0.2, 0.25) is 5.78 Å². The Labute approximate surface area is 179 Å². The number of carbonyl (C=O) groups is 2. The lowest BCUT2D eigenvalue weighted by atomic mass is 9.84. The van der Waals surface area contributed by atoms with Crippen LogP contribution in [0.25, 0.3) is 11.1 Å². The lowest BCUT2D eigenvalue weighted by Crippen LogP contribution is -2.10. The highest BCUT2D eigenvalue weighted by Crippen LogP contribution is 2.41. The Morgan fingerprint density at radius 1 is 0.967 bits per heavy atom. The van der Waals surface area contributed by atoms with Gasteiger partial charge in [-0.3, -0.25) is 4.79 Å². The summed E-state index contributed by atoms with van der Waals surface area (Å²) >= 11 is 0. The van der Waals surface area contributed by atoms with E-state index in [4.69, 9.17) is 5.14 Å². The summed E-state index contributed by atoms with van der Waals surface area (Å²) in [5, 5.41) is 16.4. The lowest BCUT2D eigenvalue weighted by molar-refractivity contribution is 0.0694. The maximum Gasteiger partial charge on any atom is 0.342 e. The molecule has 3 N–H and O–H groups in total. The van der Waals surface area contributed by atoms with Gasteiger partial charge in [-0.2, -0.15) is 0 Å². The van der Waals surface area contributed by atoms with Crippen molar-refractivity contribution in [2.45, 2.75) is 44.9 Å². The Balaban J connectivity index is 1.75. The van der Waals surface area contributed by atoms with E-state index >= 15 is 0 Å². The van der Waals surface area contributed by atoms with Gasteiger partial charge in [0.05, 0.1) is 16.2 Å². The monoisotopic (exact) mass is 420 g/mol. The minimum Gasteiger partial charge on any atom is -0.477 e. The second-order valence-corrected chi connectivity index (χ2v) is 9.63. The van der Waals surface area contributed by atoms with Gasteiger partial charge in [-0.25, -0.2) is 4.79 Å². The minimum absolute atomic E-state index is 0.0332. The quantitative estimate of drug-likeness (QED) is 0.386. The zero-order valence-corrected chi connectivity index (χ0v) is 17.9. The van der Waals surface area contributed by atoms with E-state index in [1.165, 1.54) is 37.7 Å². The van der Waals surface area contributed by atoms with Gasteiger partial charge in [0.25, 0.3) is 4.88 Å². The molecular weight excluding hydrogens is 394 g/mol. The molecule has 1 fully saturated rings. The highest BCUT2D eigenvalue weighted by atomic mass is 32.2. The van der Waals surface area contributed by atoms with E-state index in [1.807, 2.05) is 61.5 Å². The molecule has 1 aliphatic rings. The third kappa shape index (κ3) is 3.71. The van der Waals surface area contributed by atoms with Crippen LogP contribution in [0.4, 0.5) is 0 Å². The number of hydrogen-bond donors (Lipinski definition) is 2. The maximum absolute atomic E-state index is 13.4. The Hall–Kier alpha value is -2.76. The molecule has 4 rings (SSSR count). The van der Waals surface area contributed by atoms with Gasteiger partial charge in [0.1, 0.15) is 5.56 Å². The molecule has 0 aliphatic heterocycles. The maximum atomic E-state index is 13.4. The Kier molecular flexibility index (Phi) is 5.84. The summed E-state index contributed by atoms with van der Waals surface area (Å²) in [7, 11) is -1.05. The van der Waals surface area contributed by atoms with Gasteiger partial charge in [0.15, 0.2) is 4.88 Å². The summed E-state index contributed by atoms with van der Waals surface area (Å²) < 4.78 is 0. The molecule has 1 heterocycles. The third-order valence-electron chi connectivity index (χ3n) is 6.11. The van der Waals surface area contributed by atoms with Gasteiger partial charge in [0, 0.05) is 12.5 Å². The van der Waals surface area contributed by atoms with Gasteiger partial charge < -0.3 is 5.11 Å². The van der Waals surface area contributed by atoms with E-state index in [-0.39, 0.29) is 16.2 Å². The molecule has 0 spiro atoms. The number of ketones is 1. The molecule has 1 aromatic heterocycles. The molecule has 1 unspecified atom stereocenters. The molecule has 1 aliphatic carbocycles. The zero-order valence-electron chi connectivity index (χ0n) is 17.1. The van der Waals surface area contributed by atoms with Crippen molar-refractivity contribution in [3.63, 3.8) is 0 Å². The molecule has 0 bridgehead atoms. The van der Waals surface area contributed by atoms with E-state index in [1.54, 1.807) is 0 Å². The van der Waals surface area contributed by atoms with E-state index in [0.717, 1.165) is 10.4 Å². The van der Waals surface area contributed by atoms with Gasteiger partial charge in [-0.05, 0) is 29.9 Å². The van der Waals surface area contributed by atoms with Crippen LogP contribution >= 0.6 is 10.7 Å². The molecule has 0 radical (unpaired) electrons. The van der Waals surface area contributed by atoms with Crippen molar-refractivity contribution >= 4 is 22.4 Å². The van der Waals surface area contributed by atoms with Gasteiger partial charge >= 0.3 is 5.97 Å². The topological polar surface area (TPSA) is 80.4 Å². The first-order chi connectivity index (χ1) is 14.5. The number of thiophene rings is 1. The lowest BCUT2D eigenvalue weighted by Gasteiger charge is -2.21. The predicted octanol–water partition coefficient (Wildman–Crippen LogP) is 6.10. The first kappa shape index (κ1) is 20.5. The van der Waals surface area contributed by atoms with Crippen molar-refractivity contribution in [3.05, 3.63) is 81.0 Å². The molecule has 0 amide bonds. The molecule has 3 aromatic rings. The van der Waals surface area contributed by atoms with E-state index < -0.39 is 16.6 Å². The molecule has 154 valence electrons. The molecule has 5 heteroatoms. The fraction of sp³-hybridized carbons (Fsp3) is 0.280. The van der Waals surface area contributed by atoms with Gasteiger partial charge in [-0.1, -0.05) is 73.9 Å². The SMILES string of the molecule is Cc1c(-c2ccccc2)c(C(=O)O)c(C(=O)c2ccc(C3CCCCC3)cc2)[s+]1N. The van der Waals surface area contributed by atoms with Crippen molar-refractivity contribution in [1.82, 2.24) is 0 Å². The van der Waals surface area contributed by atoms with Crippen LogP contribution in [0.1, 0.15) is 74.1 Å². The van der Waals surface area contributed by atoms with Crippen molar-refractivity contribution in [3.8, 4) is 11.1 Å². The second-order valence-electron chi connectivity index (χ2n) is 7.93. The standard InChI is InChI=1S/C25H25NO3S/c1-16-21(19-10-6-3-7-11-19)22(25(28)29)24(30(16)26)23(27)20-14-12-18(13-15-20)17-8-4-2-5-9-17/h3,6-7,10-15,17H,2,4-5,8-9,26H2,1H3/p+1. The summed E-state index contributed by atoms with van der Waals surface area (Å²) in [5.74, 6) is -0.851. The normalized spacial score (nSPS) is 15.2. The highest BCUT2D eigenvalue weighted by Gasteiger charge is 2.38. The molecule has 2 aromatic carbocycles. The molecule has 4 nitrogen and oxygen atoms in total. The minimum atomic E-state index is -1.11. The number of nitrogen functional groups attached to an aromatic ring is 1. The van der Waals surface area contributed by atoms with E-state index in [0.29, 0.717) is 17.0 Å². The number of benzene rings is 2. The summed E-state index contributed by atoms with van der Waals surface area (Å²) in [6.07, 6.45) is 6.19. The van der Waals surface area contributed by atoms with Crippen LogP contribution in [0.5, 0.6) is 0 Å². The molecular formula is C25H26NO3S+. The van der Waals surface area contributed by atoms with Crippen molar-refractivity contribution in [2.75, 3.05) is 5.14 Å². The Bertz CT molecular complexity index is 1080. The Morgan fingerprint density at radius 3 is 2.20 bits per heavy atom. The van der Waals surface area contributed by atoms with Crippen LogP contribution in [-0.4, -0.2) is 16.9 Å². The number of carboxylic acids is 1. The summed E-state index contributed by atoms with van der Waals surface area (Å²) in [5.41, 5.74) is 3.12. The molecule has 0 saturated heterocycles. The smallest absolute Gasteiger partial charge is 0.342 e. The first-order valence-electron chi connectivity index (χ1n) is 10.4. The van der Waals surface area contributed by atoms with Crippen molar-refractivity contribution in [1.29, 1.82) is 0 Å². The highest BCUT2D eigenvalue weighted by molar-refractivity contribution is 7.33. The second kappa shape index (κ2) is 8.54. The van der Waals surface area contributed by atoms with Crippen LogP contribution in [0, 0.1) is 6.92 Å². The summed E-state index contributed by atoms with van der Waals surface area (Å²) in [6, 6.07) is 17.0. The average molecular weight is 421 g/mol. The van der Waals surface area contributed by atoms with Crippen LogP contribution in [-0.2, 0) is 0 Å². The average Bonchev–Trinajstić information content (AvgIpc) is 3.05. The van der Waals surface area contributed by atoms with Crippen LogP contribution < -0.4 is 5.14 Å². The number of hydrogen-bond acceptors (Lipinski definition) is 3. The van der Waals surface area contributed by atoms with E-state index in [9.17, 15) is 14.7 Å². The van der Waals surface area contributed by atoms with E-state index in [2.05, 4.69) is 0 Å². The number of nitrogens with two attached hydrogens (primary N) is 1. The predicted molar refractivity (Wildman–Crippen MR) is 122 cm³/mol. The van der Waals surface area contributed by atoms with Crippen molar-refractivity contribution in [2.24, 2.45) is 0 Å². The number of rotatable bonds is 5. The molecule has 1 atom stereocenters. The zero-order chi connectivity index (χ0) is 21.3. The summed E-state index contributed by atoms with van der Waals surface area (Å²) in [6.45, 7) is 1.82. The molecule has 1 saturated carbocycles. The number of carboxylic acid groups (broad SMARTS) is 1.